The molecule has 2 atom stereocenters. The first-order valence-electron chi connectivity index (χ1n) is 8.01. The highest BCUT2D eigenvalue weighted by molar-refractivity contribution is 7.09. The number of nitrogens with zero attached hydrogens (tertiary/aromatic N) is 2. The average Bonchev–Trinajstić information content (AvgIpc) is 2.83. The molecule has 1 aromatic heterocycles. The molecule has 20 heavy (non-hydrogen) atoms. The van der Waals surface area contributed by atoms with Crippen LogP contribution in [0, 0.1) is 12.8 Å². The number of aromatic nitrogens is 1. The first-order valence-corrected chi connectivity index (χ1v) is 8.89. The molecular formula is C16H29N3S. The Kier molecular flexibility index (Phi) is 6.46. The van der Waals surface area contributed by atoms with Gasteiger partial charge in [0.15, 0.2) is 0 Å². The van der Waals surface area contributed by atoms with Crippen LogP contribution in [0.4, 0.5) is 0 Å². The second-order valence-electron chi connectivity index (χ2n) is 6.16. The molecule has 3 nitrogen and oxygen atoms in total. The predicted molar refractivity (Wildman–Crippen MR) is 87.2 cm³/mol. The van der Waals surface area contributed by atoms with Gasteiger partial charge < -0.3 is 10.2 Å². The smallest absolute Gasteiger partial charge is 0.0798 e. The summed E-state index contributed by atoms with van der Waals surface area (Å²) in [5.74, 6) is 0.813. The van der Waals surface area contributed by atoms with E-state index in [1.807, 2.05) is 5.51 Å². The van der Waals surface area contributed by atoms with Gasteiger partial charge in [-0.15, -0.1) is 11.3 Å². The Bertz CT molecular complexity index is 391. The number of rotatable bonds is 7. The molecule has 0 aromatic carbocycles. The fourth-order valence-electron chi connectivity index (χ4n) is 3.21. The van der Waals surface area contributed by atoms with Gasteiger partial charge in [0, 0.05) is 24.0 Å². The highest BCUT2D eigenvalue weighted by Gasteiger charge is 2.25. The summed E-state index contributed by atoms with van der Waals surface area (Å²) in [7, 11) is 2.25. The molecule has 0 bridgehead atoms. The lowest BCUT2D eigenvalue weighted by atomic mass is 9.84. The molecule has 1 heterocycles. The summed E-state index contributed by atoms with van der Waals surface area (Å²) in [5.41, 5.74) is 3.16. The third kappa shape index (κ3) is 4.54. The van der Waals surface area contributed by atoms with Crippen LogP contribution in [0.15, 0.2) is 5.51 Å². The van der Waals surface area contributed by atoms with E-state index >= 15 is 0 Å². The van der Waals surface area contributed by atoms with Crippen LogP contribution in [-0.2, 0) is 6.54 Å². The fraction of sp³-hybridized carbons (Fsp3) is 0.812. The van der Waals surface area contributed by atoms with Crippen LogP contribution in [0.5, 0.6) is 0 Å². The van der Waals surface area contributed by atoms with Crippen molar-refractivity contribution in [2.45, 2.75) is 58.5 Å². The Hall–Kier alpha value is -0.450. The molecule has 0 amide bonds. The van der Waals surface area contributed by atoms with Crippen LogP contribution < -0.4 is 5.32 Å². The van der Waals surface area contributed by atoms with Crippen molar-refractivity contribution in [1.29, 1.82) is 0 Å². The van der Waals surface area contributed by atoms with Crippen molar-refractivity contribution in [3.8, 4) is 0 Å². The molecule has 0 aliphatic heterocycles. The molecule has 1 saturated carbocycles. The Labute approximate surface area is 127 Å². The minimum Gasteiger partial charge on any atom is -0.314 e. The molecule has 2 unspecified atom stereocenters. The maximum absolute atomic E-state index is 4.35. The zero-order chi connectivity index (χ0) is 14.4. The van der Waals surface area contributed by atoms with E-state index in [0.29, 0.717) is 0 Å². The van der Waals surface area contributed by atoms with Gasteiger partial charge >= 0.3 is 0 Å². The molecule has 1 aromatic rings. The van der Waals surface area contributed by atoms with Gasteiger partial charge in [-0.1, -0.05) is 19.8 Å². The van der Waals surface area contributed by atoms with Crippen molar-refractivity contribution in [2.24, 2.45) is 5.92 Å². The zero-order valence-corrected chi connectivity index (χ0v) is 14.0. The third-order valence-electron chi connectivity index (χ3n) is 4.37. The molecule has 0 radical (unpaired) electrons. The highest BCUT2D eigenvalue weighted by Crippen LogP contribution is 2.26. The fourth-order valence-corrected chi connectivity index (χ4v) is 4.07. The molecule has 2 rings (SSSR count). The van der Waals surface area contributed by atoms with Crippen LogP contribution in [0.25, 0.3) is 0 Å². The minimum atomic E-state index is 0.730. The van der Waals surface area contributed by atoms with Crippen molar-refractivity contribution >= 4 is 11.3 Å². The van der Waals surface area contributed by atoms with Gasteiger partial charge in [-0.3, -0.25) is 0 Å². The maximum Gasteiger partial charge on any atom is 0.0798 e. The Morgan fingerprint density at radius 2 is 2.20 bits per heavy atom. The Morgan fingerprint density at radius 3 is 2.90 bits per heavy atom. The van der Waals surface area contributed by atoms with Gasteiger partial charge in [-0.25, -0.2) is 4.98 Å². The number of hydrogen-bond acceptors (Lipinski definition) is 4. The standard InChI is InChI=1S/C16H29N3S/c1-4-9-17-15-8-6-5-7-14(15)10-19(3)11-16-13(2)18-12-20-16/h12,14-15,17H,4-11H2,1-3H3. The van der Waals surface area contributed by atoms with Crippen LogP contribution in [0.1, 0.15) is 49.6 Å². The molecule has 1 aliphatic carbocycles. The van der Waals surface area contributed by atoms with E-state index in [0.717, 1.165) is 18.5 Å². The lowest BCUT2D eigenvalue weighted by Crippen LogP contribution is -2.43. The highest BCUT2D eigenvalue weighted by atomic mass is 32.1. The topological polar surface area (TPSA) is 28.2 Å². The van der Waals surface area contributed by atoms with Crippen LogP contribution in [0.2, 0.25) is 0 Å². The van der Waals surface area contributed by atoms with Gasteiger partial charge in [0.25, 0.3) is 0 Å². The molecule has 0 saturated heterocycles. The van der Waals surface area contributed by atoms with Crippen molar-refractivity contribution in [3.05, 3.63) is 16.1 Å². The van der Waals surface area contributed by atoms with E-state index in [-0.39, 0.29) is 0 Å². The van der Waals surface area contributed by atoms with Gasteiger partial charge in [0.05, 0.1) is 11.2 Å². The molecule has 1 N–H and O–H groups in total. The molecule has 0 spiro atoms. The first kappa shape index (κ1) is 15.9. The average molecular weight is 295 g/mol. The summed E-state index contributed by atoms with van der Waals surface area (Å²) in [6, 6.07) is 0.730. The quantitative estimate of drug-likeness (QED) is 0.835. The zero-order valence-electron chi connectivity index (χ0n) is 13.2. The molecule has 1 aliphatic rings. The van der Waals surface area contributed by atoms with Crippen molar-refractivity contribution in [2.75, 3.05) is 20.1 Å². The maximum atomic E-state index is 4.35. The molecular weight excluding hydrogens is 266 g/mol. The van der Waals surface area contributed by atoms with Gasteiger partial charge in [0.2, 0.25) is 0 Å². The molecule has 1 fully saturated rings. The van der Waals surface area contributed by atoms with Crippen molar-refractivity contribution in [1.82, 2.24) is 15.2 Å². The van der Waals surface area contributed by atoms with Gasteiger partial charge in [-0.2, -0.15) is 0 Å². The van der Waals surface area contributed by atoms with Gasteiger partial charge in [0.1, 0.15) is 0 Å². The summed E-state index contributed by atoms with van der Waals surface area (Å²) in [6.45, 7) is 7.79. The number of hydrogen-bond donors (Lipinski definition) is 1. The minimum absolute atomic E-state index is 0.730. The normalized spacial score (nSPS) is 23.4. The predicted octanol–water partition coefficient (Wildman–Crippen LogP) is 3.44. The summed E-state index contributed by atoms with van der Waals surface area (Å²) in [5, 5.41) is 3.76. The SMILES string of the molecule is CCCNC1CCCCC1CN(C)Cc1scnc1C. The van der Waals surface area contributed by atoms with Crippen LogP contribution in [-0.4, -0.2) is 36.1 Å². The summed E-state index contributed by atoms with van der Waals surface area (Å²) in [6.07, 6.45) is 6.78. The summed E-state index contributed by atoms with van der Waals surface area (Å²) in [4.78, 5) is 8.25. The lowest BCUT2D eigenvalue weighted by Gasteiger charge is -2.35. The van der Waals surface area contributed by atoms with Crippen molar-refractivity contribution < 1.29 is 0 Å². The van der Waals surface area contributed by atoms with E-state index < -0.39 is 0 Å². The second kappa shape index (κ2) is 8.11. The van der Waals surface area contributed by atoms with Crippen LogP contribution in [0.3, 0.4) is 0 Å². The molecule has 114 valence electrons. The lowest BCUT2D eigenvalue weighted by molar-refractivity contribution is 0.186. The van der Waals surface area contributed by atoms with Gasteiger partial charge in [-0.05, 0) is 45.7 Å². The monoisotopic (exact) mass is 295 g/mol. The van der Waals surface area contributed by atoms with Crippen LogP contribution >= 0.6 is 11.3 Å². The van der Waals surface area contributed by atoms with E-state index in [1.165, 1.54) is 55.8 Å². The van der Waals surface area contributed by atoms with Crippen molar-refractivity contribution in [3.63, 3.8) is 0 Å². The number of thiazole rings is 1. The summed E-state index contributed by atoms with van der Waals surface area (Å²) >= 11 is 1.79. The van der Waals surface area contributed by atoms with E-state index in [9.17, 15) is 0 Å². The Balaban J connectivity index is 1.84. The summed E-state index contributed by atoms with van der Waals surface area (Å²) < 4.78 is 0. The molecule has 4 heteroatoms. The largest absolute Gasteiger partial charge is 0.314 e. The van der Waals surface area contributed by atoms with E-state index in [2.05, 4.69) is 36.1 Å². The second-order valence-corrected chi connectivity index (χ2v) is 7.10. The van der Waals surface area contributed by atoms with E-state index in [1.54, 1.807) is 11.3 Å². The number of nitrogens with one attached hydrogen (secondary N) is 1. The third-order valence-corrected chi connectivity index (χ3v) is 5.29. The number of aryl methyl sites for hydroxylation is 1. The van der Waals surface area contributed by atoms with E-state index in [4.69, 9.17) is 0 Å². The Morgan fingerprint density at radius 1 is 1.40 bits per heavy atom. The first-order chi connectivity index (χ1) is 9.70.